The highest BCUT2D eigenvalue weighted by molar-refractivity contribution is 5.99. The van der Waals surface area contributed by atoms with E-state index in [1.807, 2.05) is 69.3 Å². The van der Waals surface area contributed by atoms with Crippen molar-refractivity contribution in [3.05, 3.63) is 54.1 Å². The van der Waals surface area contributed by atoms with E-state index in [0.717, 1.165) is 28.5 Å². The lowest BCUT2D eigenvalue weighted by atomic mass is 10.1. The van der Waals surface area contributed by atoms with Gasteiger partial charge in [-0.15, -0.1) is 0 Å². The van der Waals surface area contributed by atoms with E-state index in [4.69, 9.17) is 9.47 Å². The number of methoxy groups -OCH3 is 1. The largest absolute Gasteiger partial charge is 0.497 e. The first-order valence-electron chi connectivity index (χ1n) is 8.46. The van der Waals surface area contributed by atoms with Gasteiger partial charge in [0.15, 0.2) is 0 Å². The second kappa shape index (κ2) is 9.46. The monoisotopic (exact) mass is 355 g/mol. The molecule has 0 heterocycles. The lowest BCUT2D eigenvalue weighted by Gasteiger charge is -2.10. The van der Waals surface area contributed by atoms with Gasteiger partial charge in [0.1, 0.15) is 11.5 Å². The molecule has 1 amide bonds. The minimum Gasteiger partial charge on any atom is -0.497 e. The quantitative estimate of drug-likeness (QED) is 0.562. The van der Waals surface area contributed by atoms with Crippen LogP contribution in [0.4, 0.5) is 5.69 Å². The van der Waals surface area contributed by atoms with Crippen LogP contribution in [0.5, 0.6) is 11.5 Å². The number of hydrogen-bond donors (Lipinski definition) is 2. The Morgan fingerprint density at radius 2 is 1.85 bits per heavy atom. The van der Waals surface area contributed by atoms with Gasteiger partial charge in [-0.25, -0.2) is 5.43 Å². The van der Waals surface area contributed by atoms with Crippen molar-refractivity contribution >= 4 is 17.3 Å². The second-order valence-corrected chi connectivity index (χ2v) is 6.01. The average molecular weight is 355 g/mol. The Balaban J connectivity index is 1.86. The van der Waals surface area contributed by atoms with Crippen molar-refractivity contribution in [2.45, 2.75) is 26.9 Å². The predicted octanol–water partition coefficient (Wildman–Crippen LogP) is 3.43. The Labute approximate surface area is 154 Å². The summed E-state index contributed by atoms with van der Waals surface area (Å²) in [6, 6.07) is 15.0. The maximum atomic E-state index is 12.0. The number of benzene rings is 2. The van der Waals surface area contributed by atoms with Crippen LogP contribution in [0.15, 0.2) is 53.6 Å². The molecule has 0 aliphatic rings. The number of nitrogens with zero attached hydrogens (tertiary/aromatic N) is 1. The zero-order chi connectivity index (χ0) is 18.9. The van der Waals surface area contributed by atoms with E-state index in [-0.39, 0.29) is 18.6 Å². The fourth-order valence-electron chi connectivity index (χ4n) is 2.21. The third-order valence-electron chi connectivity index (χ3n) is 3.51. The van der Waals surface area contributed by atoms with Crippen molar-refractivity contribution in [2.75, 3.05) is 19.0 Å². The molecule has 2 aromatic rings. The van der Waals surface area contributed by atoms with Crippen LogP contribution < -0.4 is 20.2 Å². The maximum absolute atomic E-state index is 12.0. The molecule has 0 saturated heterocycles. The van der Waals surface area contributed by atoms with Crippen molar-refractivity contribution in [1.29, 1.82) is 0 Å². The van der Waals surface area contributed by atoms with E-state index in [9.17, 15) is 4.79 Å². The minimum absolute atomic E-state index is 0.116. The SMILES string of the molecule is COc1cccc(NCC(=O)N/N=C(/C)c2ccc(OC(C)C)cc2)c1. The number of hydrogen-bond acceptors (Lipinski definition) is 5. The van der Waals surface area contributed by atoms with E-state index in [1.165, 1.54) is 0 Å². The van der Waals surface area contributed by atoms with Crippen molar-refractivity contribution in [3.63, 3.8) is 0 Å². The summed E-state index contributed by atoms with van der Waals surface area (Å²) in [6.07, 6.45) is 0.131. The van der Waals surface area contributed by atoms with Crippen LogP contribution >= 0.6 is 0 Å². The Hall–Kier alpha value is -3.02. The van der Waals surface area contributed by atoms with Gasteiger partial charge in [-0.2, -0.15) is 5.10 Å². The van der Waals surface area contributed by atoms with E-state index >= 15 is 0 Å². The number of ether oxygens (including phenoxy) is 2. The van der Waals surface area contributed by atoms with E-state index < -0.39 is 0 Å². The van der Waals surface area contributed by atoms with Crippen molar-refractivity contribution in [1.82, 2.24) is 5.43 Å². The molecule has 0 atom stereocenters. The standard InChI is InChI=1S/C20H25N3O3/c1-14(2)26-18-10-8-16(9-11-18)15(3)22-23-20(24)13-21-17-6-5-7-19(12-17)25-4/h5-12,14,21H,13H2,1-4H3,(H,23,24)/b22-15-. The van der Waals surface area contributed by atoms with Gasteiger partial charge in [0.05, 0.1) is 25.5 Å². The number of anilines is 1. The summed E-state index contributed by atoms with van der Waals surface area (Å²) in [6.45, 7) is 5.92. The summed E-state index contributed by atoms with van der Waals surface area (Å²) in [4.78, 5) is 12.0. The van der Waals surface area contributed by atoms with Gasteiger partial charge in [0.2, 0.25) is 0 Å². The molecule has 0 aliphatic carbocycles. The Morgan fingerprint density at radius 1 is 1.12 bits per heavy atom. The summed E-state index contributed by atoms with van der Waals surface area (Å²) < 4.78 is 10.8. The van der Waals surface area contributed by atoms with Crippen LogP contribution in [0.25, 0.3) is 0 Å². The Kier molecular flexibility index (Phi) is 7.02. The maximum Gasteiger partial charge on any atom is 0.259 e. The third-order valence-corrected chi connectivity index (χ3v) is 3.51. The third kappa shape index (κ3) is 6.12. The van der Waals surface area contributed by atoms with Crippen LogP contribution in [0.1, 0.15) is 26.3 Å². The normalized spacial score (nSPS) is 11.2. The average Bonchev–Trinajstić information content (AvgIpc) is 2.64. The number of carbonyl (C=O) groups is 1. The second-order valence-electron chi connectivity index (χ2n) is 6.01. The molecule has 138 valence electrons. The minimum atomic E-state index is -0.230. The molecule has 0 aliphatic heterocycles. The molecule has 2 aromatic carbocycles. The molecule has 2 N–H and O–H groups in total. The fourth-order valence-corrected chi connectivity index (χ4v) is 2.21. The van der Waals surface area contributed by atoms with Gasteiger partial charge >= 0.3 is 0 Å². The summed E-state index contributed by atoms with van der Waals surface area (Å²) in [5.74, 6) is 1.31. The van der Waals surface area contributed by atoms with Gasteiger partial charge in [0.25, 0.3) is 5.91 Å². The number of hydrazone groups is 1. The van der Waals surface area contributed by atoms with Crippen molar-refractivity contribution < 1.29 is 14.3 Å². The Bertz CT molecular complexity index is 755. The van der Waals surface area contributed by atoms with E-state index in [2.05, 4.69) is 15.8 Å². The number of amides is 1. The molecule has 26 heavy (non-hydrogen) atoms. The van der Waals surface area contributed by atoms with Crippen molar-refractivity contribution in [3.8, 4) is 11.5 Å². The fraction of sp³-hybridized carbons (Fsp3) is 0.300. The molecular formula is C20H25N3O3. The topological polar surface area (TPSA) is 72.0 Å². The first kappa shape index (κ1) is 19.3. The van der Waals surface area contributed by atoms with Crippen LogP contribution in [-0.4, -0.2) is 31.4 Å². The van der Waals surface area contributed by atoms with E-state index in [0.29, 0.717) is 0 Å². The summed E-state index contributed by atoms with van der Waals surface area (Å²) in [5, 5.41) is 7.17. The molecule has 0 bridgehead atoms. The molecule has 0 saturated carbocycles. The molecule has 0 unspecified atom stereocenters. The van der Waals surface area contributed by atoms with Crippen molar-refractivity contribution in [2.24, 2.45) is 5.10 Å². The van der Waals surface area contributed by atoms with Crippen LogP contribution in [0, 0.1) is 0 Å². The zero-order valence-corrected chi connectivity index (χ0v) is 15.6. The summed E-state index contributed by atoms with van der Waals surface area (Å²) in [5.41, 5.74) is 4.99. The number of nitrogens with one attached hydrogen (secondary N) is 2. The lowest BCUT2D eigenvalue weighted by molar-refractivity contribution is -0.119. The molecule has 2 rings (SSSR count). The van der Waals surface area contributed by atoms with Gasteiger partial charge < -0.3 is 14.8 Å². The highest BCUT2D eigenvalue weighted by Crippen LogP contribution is 2.16. The van der Waals surface area contributed by atoms with Gasteiger partial charge in [-0.3, -0.25) is 4.79 Å². The summed E-state index contributed by atoms with van der Waals surface area (Å²) >= 11 is 0. The zero-order valence-electron chi connectivity index (χ0n) is 15.6. The molecular weight excluding hydrogens is 330 g/mol. The van der Waals surface area contributed by atoms with Gasteiger partial charge in [-0.05, 0) is 62.7 Å². The summed E-state index contributed by atoms with van der Waals surface area (Å²) in [7, 11) is 1.60. The first-order valence-corrected chi connectivity index (χ1v) is 8.46. The van der Waals surface area contributed by atoms with Gasteiger partial charge in [-0.1, -0.05) is 6.07 Å². The van der Waals surface area contributed by atoms with E-state index in [1.54, 1.807) is 7.11 Å². The molecule has 0 fully saturated rings. The molecule has 0 aromatic heterocycles. The number of rotatable bonds is 8. The van der Waals surface area contributed by atoms with Gasteiger partial charge in [0, 0.05) is 11.8 Å². The highest BCUT2D eigenvalue weighted by atomic mass is 16.5. The highest BCUT2D eigenvalue weighted by Gasteiger charge is 2.03. The molecule has 0 radical (unpaired) electrons. The molecule has 6 nitrogen and oxygen atoms in total. The Morgan fingerprint density at radius 3 is 2.50 bits per heavy atom. The molecule has 6 heteroatoms. The predicted molar refractivity (Wildman–Crippen MR) is 104 cm³/mol. The lowest BCUT2D eigenvalue weighted by Crippen LogP contribution is -2.26. The van der Waals surface area contributed by atoms with Crippen LogP contribution in [0.3, 0.4) is 0 Å². The first-order chi connectivity index (χ1) is 12.5. The molecule has 0 spiro atoms. The van der Waals surface area contributed by atoms with Crippen LogP contribution in [-0.2, 0) is 4.79 Å². The number of carbonyl (C=O) groups excluding carboxylic acids is 1. The smallest absolute Gasteiger partial charge is 0.259 e. The van der Waals surface area contributed by atoms with Crippen LogP contribution in [0.2, 0.25) is 0 Å².